The number of benzene rings is 2. The summed E-state index contributed by atoms with van der Waals surface area (Å²) >= 11 is 1.32. The van der Waals surface area contributed by atoms with Crippen molar-refractivity contribution >= 4 is 38.0 Å². The van der Waals surface area contributed by atoms with Crippen LogP contribution in [0, 0.1) is 0 Å². The van der Waals surface area contributed by atoms with Crippen LogP contribution < -0.4 is 0 Å². The fraction of sp³-hybridized carbons (Fsp3) is 0.211. The standard InChI is InChI=1S/C19H18N4OS/c1-2-3-6-13-9-11-14(12-10-13)21-22-17-18(24)23-16-8-5-4-7-15(16)20-19(23)25-17/h4-5,7-12,24H,2-3,6H2,1H3. The second-order valence-electron chi connectivity index (χ2n) is 5.92. The Morgan fingerprint density at radius 2 is 1.88 bits per heavy atom. The van der Waals surface area contributed by atoms with E-state index in [0.717, 1.165) is 23.1 Å². The van der Waals surface area contributed by atoms with Gasteiger partial charge in [-0.25, -0.2) is 4.98 Å². The van der Waals surface area contributed by atoms with Crippen LogP contribution in [0.3, 0.4) is 0 Å². The topological polar surface area (TPSA) is 62.2 Å². The lowest BCUT2D eigenvalue weighted by atomic mass is 10.1. The Labute approximate surface area is 149 Å². The van der Waals surface area contributed by atoms with Crippen LogP contribution in [-0.2, 0) is 6.42 Å². The Balaban J connectivity index is 1.61. The van der Waals surface area contributed by atoms with Gasteiger partial charge in [-0.15, -0.1) is 10.2 Å². The van der Waals surface area contributed by atoms with Crippen LogP contribution in [0.2, 0.25) is 0 Å². The van der Waals surface area contributed by atoms with E-state index in [1.165, 1.54) is 29.7 Å². The number of thiazole rings is 1. The van der Waals surface area contributed by atoms with Gasteiger partial charge in [0.05, 0.1) is 16.7 Å². The fourth-order valence-electron chi connectivity index (χ4n) is 2.78. The maximum atomic E-state index is 10.5. The maximum absolute atomic E-state index is 10.5. The summed E-state index contributed by atoms with van der Waals surface area (Å²) in [6, 6.07) is 15.8. The molecule has 2 aromatic heterocycles. The number of aromatic hydroxyl groups is 1. The average Bonchev–Trinajstić information content (AvgIpc) is 3.15. The molecule has 0 bridgehead atoms. The highest BCUT2D eigenvalue weighted by Crippen LogP contribution is 2.39. The second-order valence-corrected chi connectivity index (χ2v) is 6.88. The number of para-hydroxylation sites is 2. The molecule has 0 aliphatic carbocycles. The number of nitrogens with zero attached hydrogens (tertiary/aromatic N) is 4. The fourth-order valence-corrected chi connectivity index (χ4v) is 3.64. The summed E-state index contributed by atoms with van der Waals surface area (Å²) in [7, 11) is 0. The molecular formula is C19H18N4OS. The summed E-state index contributed by atoms with van der Waals surface area (Å²) in [5, 5.41) is 19.4. The first-order valence-electron chi connectivity index (χ1n) is 8.36. The summed E-state index contributed by atoms with van der Waals surface area (Å²) in [4.78, 5) is 5.22. The summed E-state index contributed by atoms with van der Waals surface area (Å²) in [6.07, 6.45) is 3.47. The molecule has 0 aliphatic rings. The molecule has 0 unspecified atom stereocenters. The van der Waals surface area contributed by atoms with Crippen LogP contribution in [0.15, 0.2) is 58.8 Å². The highest BCUT2D eigenvalue weighted by Gasteiger charge is 2.15. The molecule has 0 saturated carbocycles. The predicted molar refractivity (Wildman–Crippen MR) is 101 cm³/mol. The number of unbranched alkanes of at least 4 members (excludes halogenated alkanes) is 1. The zero-order valence-corrected chi connectivity index (χ0v) is 14.7. The lowest BCUT2D eigenvalue weighted by Crippen LogP contribution is -1.82. The second kappa shape index (κ2) is 6.64. The lowest BCUT2D eigenvalue weighted by molar-refractivity contribution is 0.453. The molecule has 0 amide bonds. The number of fused-ring (bicyclic) bond motifs is 3. The van der Waals surface area contributed by atoms with Crippen molar-refractivity contribution in [1.82, 2.24) is 9.38 Å². The minimum absolute atomic E-state index is 0.0806. The first kappa shape index (κ1) is 15.8. The molecule has 4 rings (SSSR count). The van der Waals surface area contributed by atoms with E-state index < -0.39 is 0 Å². The zero-order chi connectivity index (χ0) is 17.2. The summed E-state index contributed by atoms with van der Waals surface area (Å²) in [5.41, 5.74) is 3.81. The van der Waals surface area contributed by atoms with Crippen molar-refractivity contribution in [3.8, 4) is 5.88 Å². The number of rotatable bonds is 5. The van der Waals surface area contributed by atoms with E-state index >= 15 is 0 Å². The van der Waals surface area contributed by atoms with Gasteiger partial charge in [-0.3, -0.25) is 4.40 Å². The SMILES string of the molecule is CCCCc1ccc(N=Nc2sc3nc4ccccc4n3c2O)cc1. The smallest absolute Gasteiger partial charge is 0.237 e. The van der Waals surface area contributed by atoms with Crippen molar-refractivity contribution < 1.29 is 5.11 Å². The molecule has 5 nitrogen and oxygen atoms in total. The molecule has 0 fully saturated rings. The first-order valence-corrected chi connectivity index (χ1v) is 9.17. The number of hydrogen-bond donors (Lipinski definition) is 1. The van der Waals surface area contributed by atoms with Gasteiger partial charge in [0, 0.05) is 0 Å². The Bertz CT molecular complexity index is 1050. The molecule has 6 heteroatoms. The molecule has 0 spiro atoms. The Morgan fingerprint density at radius 1 is 1.08 bits per heavy atom. The van der Waals surface area contributed by atoms with Crippen LogP contribution in [-0.4, -0.2) is 14.5 Å². The van der Waals surface area contributed by atoms with Gasteiger partial charge in [0.2, 0.25) is 10.9 Å². The van der Waals surface area contributed by atoms with E-state index in [9.17, 15) is 5.11 Å². The summed E-state index contributed by atoms with van der Waals surface area (Å²) in [6.45, 7) is 2.19. The third-order valence-electron chi connectivity index (χ3n) is 4.13. The normalized spacial score (nSPS) is 11.9. The molecular weight excluding hydrogens is 332 g/mol. The van der Waals surface area contributed by atoms with Crippen LogP contribution in [0.5, 0.6) is 5.88 Å². The van der Waals surface area contributed by atoms with Crippen LogP contribution in [0.25, 0.3) is 16.0 Å². The molecule has 0 aliphatic heterocycles. The maximum Gasteiger partial charge on any atom is 0.237 e. The Kier molecular flexibility index (Phi) is 4.19. The van der Waals surface area contributed by atoms with Crippen molar-refractivity contribution in [3.63, 3.8) is 0 Å². The average molecular weight is 350 g/mol. The molecule has 0 saturated heterocycles. The quantitative estimate of drug-likeness (QED) is 0.448. The highest BCUT2D eigenvalue weighted by atomic mass is 32.1. The van der Waals surface area contributed by atoms with Gasteiger partial charge >= 0.3 is 0 Å². The van der Waals surface area contributed by atoms with Crippen LogP contribution in [0.1, 0.15) is 25.3 Å². The lowest BCUT2D eigenvalue weighted by Gasteiger charge is -1.99. The number of azo groups is 1. The van der Waals surface area contributed by atoms with Gasteiger partial charge < -0.3 is 5.11 Å². The largest absolute Gasteiger partial charge is 0.492 e. The van der Waals surface area contributed by atoms with Crippen molar-refractivity contribution in [3.05, 3.63) is 54.1 Å². The zero-order valence-electron chi connectivity index (χ0n) is 13.9. The minimum Gasteiger partial charge on any atom is -0.492 e. The predicted octanol–water partition coefficient (Wildman–Crippen LogP) is 6.01. The molecule has 4 aromatic rings. The van der Waals surface area contributed by atoms with Gasteiger partial charge in [0.15, 0.2) is 4.96 Å². The molecule has 0 radical (unpaired) electrons. The van der Waals surface area contributed by atoms with Gasteiger partial charge in [-0.2, -0.15) is 0 Å². The van der Waals surface area contributed by atoms with Gasteiger partial charge in [-0.1, -0.05) is 48.9 Å². The first-order chi connectivity index (χ1) is 12.3. The number of imidazole rings is 1. The Hall–Kier alpha value is -2.73. The Morgan fingerprint density at radius 3 is 2.68 bits per heavy atom. The van der Waals surface area contributed by atoms with Crippen molar-refractivity contribution in [2.45, 2.75) is 26.2 Å². The molecule has 2 heterocycles. The third kappa shape index (κ3) is 3.00. The molecule has 1 N–H and O–H groups in total. The molecule has 0 atom stereocenters. The summed E-state index contributed by atoms with van der Waals surface area (Å²) in [5.74, 6) is 0.0806. The third-order valence-corrected chi connectivity index (χ3v) is 5.05. The van der Waals surface area contributed by atoms with E-state index in [0.29, 0.717) is 9.96 Å². The van der Waals surface area contributed by atoms with Crippen LogP contribution in [0.4, 0.5) is 10.7 Å². The van der Waals surface area contributed by atoms with Crippen LogP contribution >= 0.6 is 11.3 Å². The number of aryl methyl sites for hydroxylation is 1. The number of aromatic nitrogens is 2. The van der Waals surface area contributed by atoms with E-state index in [4.69, 9.17) is 0 Å². The van der Waals surface area contributed by atoms with E-state index in [-0.39, 0.29) is 5.88 Å². The molecule has 126 valence electrons. The summed E-state index contributed by atoms with van der Waals surface area (Å²) < 4.78 is 1.71. The van der Waals surface area contributed by atoms with Gasteiger partial charge in [0.1, 0.15) is 0 Å². The van der Waals surface area contributed by atoms with E-state index in [1.807, 2.05) is 36.4 Å². The monoisotopic (exact) mass is 350 g/mol. The van der Waals surface area contributed by atoms with Crippen molar-refractivity contribution in [1.29, 1.82) is 0 Å². The number of hydrogen-bond acceptors (Lipinski definition) is 5. The van der Waals surface area contributed by atoms with E-state index in [1.54, 1.807) is 4.40 Å². The molecule has 25 heavy (non-hydrogen) atoms. The molecule has 2 aromatic carbocycles. The van der Waals surface area contributed by atoms with Crippen molar-refractivity contribution in [2.75, 3.05) is 0 Å². The van der Waals surface area contributed by atoms with Gasteiger partial charge in [-0.05, 0) is 42.7 Å². The van der Waals surface area contributed by atoms with E-state index in [2.05, 4.69) is 34.3 Å². The van der Waals surface area contributed by atoms with Gasteiger partial charge in [0.25, 0.3) is 0 Å². The van der Waals surface area contributed by atoms with Crippen molar-refractivity contribution in [2.24, 2.45) is 10.2 Å². The highest BCUT2D eigenvalue weighted by molar-refractivity contribution is 7.21. The minimum atomic E-state index is 0.0806.